The summed E-state index contributed by atoms with van der Waals surface area (Å²) in [6, 6.07) is 0. The number of piperidine rings is 1. The van der Waals surface area contributed by atoms with E-state index < -0.39 is 0 Å². The zero-order valence-corrected chi connectivity index (χ0v) is 18.4. The van der Waals surface area contributed by atoms with E-state index in [9.17, 15) is 9.59 Å². The summed E-state index contributed by atoms with van der Waals surface area (Å²) in [4.78, 5) is 30.9. The first-order valence-electron chi connectivity index (χ1n) is 9.43. The molecule has 0 aliphatic carbocycles. The third-order valence-corrected chi connectivity index (χ3v) is 5.30. The van der Waals surface area contributed by atoms with Gasteiger partial charge in [-0.05, 0) is 18.3 Å². The van der Waals surface area contributed by atoms with Crippen molar-refractivity contribution in [3.8, 4) is 0 Å². The second-order valence-corrected chi connectivity index (χ2v) is 7.70. The van der Waals surface area contributed by atoms with E-state index in [2.05, 4.69) is 18.7 Å². The fourth-order valence-electron chi connectivity index (χ4n) is 3.90. The van der Waals surface area contributed by atoms with Crippen molar-refractivity contribution < 1.29 is 14.3 Å². The summed E-state index contributed by atoms with van der Waals surface area (Å²) < 4.78 is 5.19. The molecule has 3 atom stereocenters. The molecule has 2 N–H and O–H groups in total. The summed E-state index contributed by atoms with van der Waals surface area (Å²) in [6.07, 6.45) is 1.32. The third-order valence-electron chi connectivity index (χ3n) is 5.30. The Morgan fingerprint density at radius 1 is 1.00 bits per heavy atom. The number of piperazine rings is 1. The van der Waals surface area contributed by atoms with Crippen LogP contribution in [0.4, 0.5) is 0 Å². The van der Waals surface area contributed by atoms with Crippen LogP contribution in [-0.4, -0.2) is 92.1 Å². The van der Waals surface area contributed by atoms with E-state index in [1.165, 1.54) is 6.42 Å². The minimum Gasteiger partial charge on any atom is -0.380 e. The average Bonchev–Trinajstić information content (AvgIpc) is 2.59. The maximum absolute atomic E-state index is 12.6. The molecule has 2 amide bonds. The zero-order valence-electron chi connectivity index (χ0n) is 16.8. The minimum absolute atomic E-state index is 0. The average molecular weight is 427 g/mol. The van der Waals surface area contributed by atoms with Gasteiger partial charge in [0.25, 0.3) is 0 Å². The highest BCUT2D eigenvalue weighted by atomic mass is 35.5. The summed E-state index contributed by atoms with van der Waals surface area (Å²) in [7, 11) is 1.58. The molecular formula is C18H36Cl2N4O3. The van der Waals surface area contributed by atoms with Crippen molar-refractivity contribution in [2.75, 3.05) is 59.5 Å². The number of halogens is 2. The minimum atomic E-state index is -0.213. The Morgan fingerprint density at radius 2 is 1.56 bits per heavy atom. The summed E-state index contributed by atoms with van der Waals surface area (Å²) in [5, 5.41) is 0. The van der Waals surface area contributed by atoms with Gasteiger partial charge in [0.1, 0.15) is 0 Å². The molecule has 9 heteroatoms. The number of nitrogens with zero attached hydrogens (tertiary/aromatic N) is 3. The number of carbonyl (C=O) groups excluding carboxylic acids is 2. The van der Waals surface area contributed by atoms with Gasteiger partial charge in [0.05, 0.1) is 19.1 Å². The molecule has 160 valence electrons. The lowest BCUT2D eigenvalue weighted by atomic mass is 9.92. The Bertz CT molecular complexity index is 448. The van der Waals surface area contributed by atoms with Crippen LogP contribution in [-0.2, 0) is 14.3 Å². The number of hydrogen-bond donors (Lipinski definition) is 1. The van der Waals surface area contributed by atoms with E-state index in [0.717, 1.165) is 26.2 Å². The van der Waals surface area contributed by atoms with Gasteiger partial charge in [-0.1, -0.05) is 13.8 Å². The van der Waals surface area contributed by atoms with Crippen LogP contribution in [0.15, 0.2) is 0 Å². The quantitative estimate of drug-likeness (QED) is 0.680. The summed E-state index contributed by atoms with van der Waals surface area (Å²) >= 11 is 0. The number of ether oxygens (including phenoxy) is 1. The van der Waals surface area contributed by atoms with Gasteiger partial charge >= 0.3 is 0 Å². The third kappa shape index (κ3) is 8.11. The predicted octanol–water partition coefficient (Wildman–Crippen LogP) is 0.842. The molecule has 2 fully saturated rings. The fraction of sp³-hybridized carbons (Fsp3) is 0.889. The Labute approximate surface area is 175 Å². The maximum Gasteiger partial charge on any atom is 0.236 e. The molecule has 27 heavy (non-hydrogen) atoms. The van der Waals surface area contributed by atoms with Crippen molar-refractivity contribution in [2.45, 2.75) is 32.8 Å². The first-order chi connectivity index (χ1) is 11.9. The van der Waals surface area contributed by atoms with Crippen molar-refractivity contribution in [1.82, 2.24) is 14.7 Å². The van der Waals surface area contributed by atoms with Gasteiger partial charge in [0.15, 0.2) is 0 Å². The van der Waals surface area contributed by atoms with Gasteiger partial charge in [-0.2, -0.15) is 0 Å². The molecule has 0 aromatic rings. The lowest BCUT2D eigenvalue weighted by molar-refractivity contribution is -0.137. The Balaban J connectivity index is 0.00000338. The highest BCUT2D eigenvalue weighted by molar-refractivity contribution is 5.85. The van der Waals surface area contributed by atoms with Crippen molar-refractivity contribution in [1.29, 1.82) is 0 Å². The van der Waals surface area contributed by atoms with E-state index in [1.807, 2.05) is 9.80 Å². The van der Waals surface area contributed by atoms with Crippen LogP contribution >= 0.6 is 24.8 Å². The first-order valence-corrected chi connectivity index (χ1v) is 9.43. The van der Waals surface area contributed by atoms with Crippen molar-refractivity contribution >= 4 is 36.6 Å². The van der Waals surface area contributed by atoms with Gasteiger partial charge < -0.3 is 20.3 Å². The molecule has 0 saturated carbocycles. The van der Waals surface area contributed by atoms with Crippen LogP contribution in [0.1, 0.15) is 26.7 Å². The van der Waals surface area contributed by atoms with Crippen molar-refractivity contribution in [3.05, 3.63) is 0 Å². The monoisotopic (exact) mass is 426 g/mol. The van der Waals surface area contributed by atoms with Gasteiger partial charge in [-0.3, -0.25) is 14.5 Å². The molecular weight excluding hydrogens is 391 g/mol. The van der Waals surface area contributed by atoms with Crippen LogP contribution in [0.2, 0.25) is 0 Å². The molecule has 0 radical (unpaired) electrons. The van der Waals surface area contributed by atoms with Gasteiger partial charge in [-0.25, -0.2) is 0 Å². The number of hydrogen-bond acceptors (Lipinski definition) is 5. The van der Waals surface area contributed by atoms with Gasteiger partial charge in [-0.15, -0.1) is 24.8 Å². The van der Waals surface area contributed by atoms with Crippen LogP contribution in [0.25, 0.3) is 0 Å². The lowest BCUT2D eigenvalue weighted by Gasteiger charge is -2.38. The molecule has 0 bridgehead atoms. The fourth-order valence-corrected chi connectivity index (χ4v) is 3.90. The van der Waals surface area contributed by atoms with E-state index in [1.54, 1.807) is 7.11 Å². The Morgan fingerprint density at radius 3 is 2.04 bits per heavy atom. The standard InChI is InChI=1S/C18H34N4O3.2ClH/c1-14-8-15(2)12-22(11-14)18(24)13-20-4-6-21(7-5-20)17(23)9-16(10-19)25-3;;/h14-16H,4-13,19H2,1-3H3;2*1H. The number of carbonyl (C=O) groups is 2. The molecule has 3 unspecified atom stereocenters. The topological polar surface area (TPSA) is 79.1 Å². The number of amides is 2. The molecule has 0 aromatic heterocycles. The second-order valence-electron chi connectivity index (χ2n) is 7.70. The molecule has 7 nitrogen and oxygen atoms in total. The number of methoxy groups -OCH3 is 1. The molecule has 0 aromatic carbocycles. The molecule has 2 aliphatic rings. The van der Waals surface area contributed by atoms with Crippen LogP contribution in [0, 0.1) is 11.8 Å². The number of nitrogens with two attached hydrogens (primary N) is 1. The Hall–Kier alpha value is -0.600. The summed E-state index contributed by atoms with van der Waals surface area (Å²) in [5.74, 6) is 1.47. The largest absolute Gasteiger partial charge is 0.380 e. The van der Waals surface area contributed by atoms with Crippen LogP contribution in [0.3, 0.4) is 0 Å². The first kappa shape index (κ1) is 26.4. The zero-order chi connectivity index (χ0) is 18.4. The van der Waals surface area contributed by atoms with E-state index in [0.29, 0.717) is 44.4 Å². The number of likely N-dealkylation sites (tertiary alicyclic amines) is 1. The van der Waals surface area contributed by atoms with Gasteiger partial charge in [0, 0.05) is 52.9 Å². The van der Waals surface area contributed by atoms with E-state index in [-0.39, 0.29) is 42.7 Å². The van der Waals surface area contributed by atoms with Crippen LogP contribution in [0.5, 0.6) is 0 Å². The molecule has 2 aliphatic heterocycles. The molecule has 2 rings (SSSR count). The molecule has 0 spiro atoms. The maximum atomic E-state index is 12.6. The normalized spacial score (nSPS) is 24.6. The summed E-state index contributed by atoms with van der Waals surface area (Å²) in [5.41, 5.74) is 5.58. The molecule has 2 saturated heterocycles. The SMILES string of the molecule is COC(CN)CC(=O)N1CCN(CC(=O)N2CC(C)CC(C)C2)CC1.Cl.Cl. The second kappa shape index (κ2) is 12.8. The van der Waals surface area contributed by atoms with Crippen molar-refractivity contribution in [3.63, 3.8) is 0 Å². The number of rotatable bonds is 6. The van der Waals surface area contributed by atoms with Crippen molar-refractivity contribution in [2.24, 2.45) is 17.6 Å². The highest BCUT2D eigenvalue weighted by Crippen LogP contribution is 2.21. The Kier molecular flexibility index (Phi) is 12.5. The van der Waals surface area contributed by atoms with E-state index in [4.69, 9.17) is 10.5 Å². The predicted molar refractivity (Wildman–Crippen MR) is 112 cm³/mol. The lowest BCUT2D eigenvalue weighted by Crippen LogP contribution is -2.53. The smallest absolute Gasteiger partial charge is 0.236 e. The van der Waals surface area contributed by atoms with Crippen LogP contribution < -0.4 is 5.73 Å². The summed E-state index contributed by atoms with van der Waals surface area (Å²) in [6.45, 7) is 9.82. The molecule has 2 heterocycles. The van der Waals surface area contributed by atoms with E-state index >= 15 is 0 Å². The van der Waals surface area contributed by atoms with Gasteiger partial charge in [0.2, 0.25) is 11.8 Å². The highest BCUT2D eigenvalue weighted by Gasteiger charge is 2.28.